The Morgan fingerprint density at radius 3 is 2.22 bits per heavy atom. The molecule has 0 unspecified atom stereocenters. The summed E-state index contributed by atoms with van der Waals surface area (Å²) >= 11 is 0. The van der Waals surface area contributed by atoms with Gasteiger partial charge in [-0.25, -0.2) is 8.42 Å². The first-order valence-electron chi connectivity index (χ1n) is 7.43. The summed E-state index contributed by atoms with van der Waals surface area (Å²) in [6.07, 6.45) is 1.19. The van der Waals surface area contributed by atoms with Crippen LogP contribution < -0.4 is 5.32 Å². The molecule has 1 N–H and O–H groups in total. The van der Waals surface area contributed by atoms with Gasteiger partial charge in [0.25, 0.3) is 5.91 Å². The van der Waals surface area contributed by atoms with E-state index in [1.165, 1.54) is 6.26 Å². The van der Waals surface area contributed by atoms with Crippen molar-refractivity contribution < 1.29 is 13.2 Å². The van der Waals surface area contributed by atoms with Crippen molar-refractivity contribution in [3.8, 4) is 0 Å². The first-order valence-corrected chi connectivity index (χ1v) is 9.49. The molecule has 122 valence electrons. The largest absolute Gasteiger partial charge is 0.322 e. The molecule has 0 atom stereocenters. The van der Waals surface area contributed by atoms with Crippen molar-refractivity contribution in [2.24, 2.45) is 0 Å². The van der Waals surface area contributed by atoms with Crippen LogP contribution in [0.15, 0.2) is 48.5 Å². The van der Waals surface area contributed by atoms with Gasteiger partial charge in [0.2, 0.25) is 0 Å². The monoisotopic (exact) mass is 331 g/mol. The molecule has 1 amide bonds. The van der Waals surface area contributed by atoms with Gasteiger partial charge >= 0.3 is 0 Å². The summed E-state index contributed by atoms with van der Waals surface area (Å²) < 4.78 is 22.6. The first-order chi connectivity index (χ1) is 10.8. The summed E-state index contributed by atoms with van der Waals surface area (Å²) in [5.41, 5.74) is 3.05. The molecule has 0 saturated carbocycles. The fourth-order valence-electron chi connectivity index (χ4n) is 2.36. The van der Waals surface area contributed by atoms with Crippen molar-refractivity contribution in [3.05, 3.63) is 65.2 Å². The number of sulfone groups is 1. The minimum Gasteiger partial charge on any atom is -0.322 e. The number of rotatable bonds is 5. The van der Waals surface area contributed by atoms with Gasteiger partial charge < -0.3 is 5.32 Å². The minimum absolute atomic E-state index is 0.0227. The lowest BCUT2D eigenvalue weighted by molar-refractivity contribution is 0.102. The maximum Gasteiger partial charge on any atom is 0.255 e. The number of nitrogens with one attached hydrogen (secondary N) is 1. The molecule has 0 heterocycles. The van der Waals surface area contributed by atoms with Crippen LogP contribution >= 0.6 is 0 Å². The molecule has 2 rings (SSSR count). The number of para-hydroxylation sites is 1. The molecule has 0 bridgehead atoms. The highest BCUT2D eigenvalue weighted by Crippen LogP contribution is 2.24. The summed E-state index contributed by atoms with van der Waals surface area (Å²) in [5, 5.41) is 2.92. The van der Waals surface area contributed by atoms with Gasteiger partial charge in [-0.1, -0.05) is 44.2 Å². The maximum absolute atomic E-state index is 12.4. The predicted molar refractivity (Wildman–Crippen MR) is 93.5 cm³/mol. The predicted octanol–water partition coefficient (Wildman–Crippen LogP) is 3.61. The molecule has 0 radical (unpaired) electrons. The van der Waals surface area contributed by atoms with Crippen LogP contribution in [0.25, 0.3) is 0 Å². The quantitative estimate of drug-likeness (QED) is 0.910. The molecule has 0 spiro atoms. The lowest BCUT2D eigenvalue weighted by Gasteiger charge is -2.13. The lowest BCUT2D eigenvalue weighted by atomic mass is 10.0. The fourth-order valence-corrected chi connectivity index (χ4v) is 3.16. The van der Waals surface area contributed by atoms with Gasteiger partial charge in [-0.05, 0) is 35.2 Å². The van der Waals surface area contributed by atoms with E-state index in [1.54, 1.807) is 24.3 Å². The number of hydrogen-bond acceptors (Lipinski definition) is 3. The van der Waals surface area contributed by atoms with Crippen LogP contribution in [0.2, 0.25) is 0 Å². The van der Waals surface area contributed by atoms with E-state index < -0.39 is 9.84 Å². The van der Waals surface area contributed by atoms with Gasteiger partial charge in [-0.15, -0.1) is 0 Å². The Kier molecular flexibility index (Phi) is 5.21. The van der Waals surface area contributed by atoms with Crippen molar-refractivity contribution in [1.29, 1.82) is 0 Å². The Balaban J connectivity index is 2.16. The molecule has 23 heavy (non-hydrogen) atoms. The van der Waals surface area contributed by atoms with E-state index in [0.29, 0.717) is 17.0 Å². The molecule has 2 aromatic rings. The Hall–Kier alpha value is -2.14. The average molecular weight is 331 g/mol. The Labute approximate surface area is 137 Å². The summed E-state index contributed by atoms with van der Waals surface area (Å²) in [4.78, 5) is 12.4. The lowest BCUT2D eigenvalue weighted by Crippen LogP contribution is -2.13. The normalized spacial score (nSPS) is 11.5. The van der Waals surface area contributed by atoms with Crippen LogP contribution in [0, 0.1) is 0 Å². The molecule has 0 aromatic heterocycles. The van der Waals surface area contributed by atoms with Crippen molar-refractivity contribution in [2.45, 2.75) is 25.5 Å². The second-order valence-corrected chi connectivity index (χ2v) is 8.10. The average Bonchev–Trinajstić information content (AvgIpc) is 2.46. The van der Waals surface area contributed by atoms with Crippen LogP contribution in [-0.2, 0) is 15.6 Å². The molecule has 0 aliphatic heterocycles. The number of carbonyl (C=O) groups excluding carboxylic acids is 1. The van der Waals surface area contributed by atoms with Gasteiger partial charge in [0.15, 0.2) is 9.84 Å². The second kappa shape index (κ2) is 6.96. The van der Waals surface area contributed by atoms with Gasteiger partial charge in [0, 0.05) is 17.5 Å². The highest BCUT2D eigenvalue weighted by molar-refractivity contribution is 7.89. The Morgan fingerprint density at radius 1 is 1.04 bits per heavy atom. The highest BCUT2D eigenvalue weighted by Gasteiger charge is 2.11. The number of benzene rings is 2. The first kappa shape index (κ1) is 17.2. The third kappa shape index (κ3) is 4.93. The van der Waals surface area contributed by atoms with E-state index in [-0.39, 0.29) is 11.7 Å². The van der Waals surface area contributed by atoms with Crippen molar-refractivity contribution in [2.75, 3.05) is 11.6 Å². The molecule has 5 heteroatoms. The van der Waals surface area contributed by atoms with Gasteiger partial charge in [0.1, 0.15) is 0 Å². The summed E-state index contributed by atoms with van der Waals surface area (Å²) in [6, 6.07) is 14.3. The van der Waals surface area contributed by atoms with Crippen LogP contribution in [0.4, 0.5) is 5.69 Å². The number of carbonyl (C=O) groups is 1. The molecule has 0 fully saturated rings. The molecule has 0 saturated heterocycles. The molecular weight excluding hydrogens is 310 g/mol. The van der Waals surface area contributed by atoms with Crippen molar-refractivity contribution >= 4 is 21.4 Å². The second-order valence-electron chi connectivity index (χ2n) is 5.96. The van der Waals surface area contributed by atoms with Gasteiger partial charge in [0.05, 0.1) is 5.75 Å². The van der Waals surface area contributed by atoms with Crippen molar-refractivity contribution in [1.82, 2.24) is 0 Å². The number of anilines is 1. The Morgan fingerprint density at radius 2 is 1.65 bits per heavy atom. The van der Waals surface area contributed by atoms with E-state index >= 15 is 0 Å². The number of hydrogen-bond donors (Lipinski definition) is 1. The van der Waals surface area contributed by atoms with Crippen LogP contribution in [0.1, 0.15) is 41.3 Å². The third-order valence-corrected chi connectivity index (χ3v) is 4.33. The summed E-state index contributed by atoms with van der Waals surface area (Å²) in [7, 11) is -3.07. The van der Waals surface area contributed by atoms with E-state index in [0.717, 1.165) is 11.3 Å². The highest BCUT2D eigenvalue weighted by atomic mass is 32.2. The van der Waals surface area contributed by atoms with Crippen LogP contribution in [0.3, 0.4) is 0 Å². The van der Waals surface area contributed by atoms with E-state index in [9.17, 15) is 13.2 Å². The minimum atomic E-state index is -3.07. The topological polar surface area (TPSA) is 63.2 Å². The summed E-state index contributed by atoms with van der Waals surface area (Å²) in [5.74, 6) is 0.0816. The third-order valence-electron chi connectivity index (χ3n) is 3.48. The molecule has 2 aromatic carbocycles. The van der Waals surface area contributed by atoms with Gasteiger partial charge in [-0.3, -0.25) is 4.79 Å². The fraction of sp³-hybridized carbons (Fsp3) is 0.278. The van der Waals surface area contributed by atoms with Crippen LogP contribution in [0.5, 0.6) is 0 Å². The zero-order valence-corrected chi connectivity index (χ0v) is 14.4. The molecule has 4 nitrogen and oxygen atoms in total. The standard InChI is InChI=1S/C18H21NO3S/c1-13(2)16-6-4-5-7-17(16)19-18(20)15-10-8-14(9-11-15)12-23(3,21)22/h4-11,13H,12H2,1-3H3,(H,19,20). The molecular formula is C18H21NO3S. The summed E-state index contributed by atoms with van der Waals surface area (Å²) in [6.45, 7) is 4.15. The van der Waals surface area contributed by atoms with E-state index in [1.807, 2.05) is 24.3 Å². The SMILES string of the molecule is CC(C)c1ccccc1NC(=O)c1ccc(CS(C)(=O)=O)cc1. The van der Waals surface area contributed by atoms with Gasteiger partial charge in [-0.2, -0.15) is 0 Å². The number of amides is 1. The molecule has 0 aliphatic carbocycles. The zero-order valence-electron chi connectivity index (χ0n) is 13.5. The van der Waals surface area contributed by atoms with E-state index in [2.05, 4.69) is 19.2 Å². The molecule has 0 aliphatic rings. The van der Waals surface area contributed by atoms with Crippen LogP contribution in [-0.4, -0.2) is 20.6 Å². The van der Waals surface area contributed by atoms with Crippen molar-refractivity contribution in [3.63, 3.8) is 0 Å². The smallest absolute Gasteiger partial charge is 0.255 e. The Bertz CT molecular complexity index is 793. The maximum atomic E-state index is 12.4. The van der Waals surface area contributed by atoms with E-state index in [4.69, 9.17) is 0 Å². The zero-order chi connectivity index (χ0) is 17.0.